The number of esters is 1. The number of anilines is 1. The first-order valence-electron chi connectivity index (χ1n) is 8.03. The Balaban J connectivity index is 2.50. The third-order valence-corrected chi connectivity index (χ3v) is 5.73. The molecule has 8 heteroatoms. The van der Waals surface area contributed by atoms with Crippen LogP contribution in [0.5, 0.6) is 5.75 Å². The molecule has 0 unspecified atom stereocenters. The van der Waals surface area contributed by atoms with Gasteiger partial charge in [-0.2, -0.15) is 5.26 Å². The van der Waals surface area contributed by atoms with E-state index in [2.05, 4.69) is 4.74 Å². The third kappa shape index (κ3) is 4.57. The Bertz CT molecular complexity index is 963. The van der Waals surface area contributed by atoms with Crippen molar-refractivity contribution in [2.45, 2.75) is 18.2 Å². The fourth-order valence-corrected chi connectivity index (χ4v) is 4.00. The molecule has 0 spiro atoms. The number of hydrogen-bond donors (Lipinski definition) is 0. The fraction of sp³-hybridized carbons (Fsp3) is 0.263. The first kappa shape index (κ1) is 20.3. The van der Waals surface area contributed by atoms with E-state index in [0.29, 0.717) is 17.0 Å². The number of nitrogens with zero attached hydrogens (tertiary/aromatic N) is 2. The highest BCUT2D eigenvalue weighted by Crippen LogP contribution is 2.27. The molecule has 0 aliphatic carbocycles. The van der Waals surface area contributed by atoms with Crippen LogP contribution in [0.2, 0.25) is 0 Å². The smallest absolute Gasteiger partial charge is 0.326 e. The summed E-state index contributed by atoms with van der Waals surface area (Å²) in [4.78, 5) is 11.9. The number of sulfonamides is 1. The van der Waals surface area contributed by atoms with Gasteiger partial charge in [0.15, 0.2) is 0 Å². The minimum absolute atomic E-state index is 0.0332. The molecule has 0 fully saturated rings. The molecule has 0 amide bonds. The van der Waals surface area contributed by atoms with E-state index in [-0.39, 0.29) is 11.3 Å². The maximum absolute atomic E-state index is 13.2. The second kappa shape index (κ2) is 8.56. The van der Waals surface area contributed by atoms with Crippen LogP contribution >= 0.6 is 0 Å². The summed E-state index contributed by atoms with van der Waals surface area (Å²) < 4.78 is 37.1. The van der Waals surface area contributed by atoms with E-state index in [1.165, 1.54) is 26.4 Å². The Labute approximate surface area is 158 Å². The molecule has 0 atom stereocenters. The molecule has 2 aromatic rings. The number of aryl methyl sites for hydroxylation is 1. The lowest BCUT2D eigenvalue weighted by Gasteiger charge is -2.24. The lowest BCUT2D eigenvalue weighted by atomic mass is 10.1. The highest BCUT2D eigenvalue weighted by Gasteiger charge is 2.28. The molecule has 7 nitrogen and oxygen atoms in total. The van der Waals surface area contributed by atoms with Crippen LogP contribution in [0.25, 0.3) is 0 Å². The van der Waals surface area contributed by atoms with Gasteiger partial charge in [0, 0.05) is 0 Å². The fourth-order valence-electron chi connectivity index (χ4n) is 2.51. The molecule has 27 heavy (non-hydrogen) atoms. The summed E-state index contributed by atoms with van der Waals surface area (Å²) in [5.41, 5.74) is 1.70. The molecule has 0 radical (unpaired) electrons. The minimum atomic E-state index is -4.02. The van der Waals surface area contributed by atoms with Crippen molar-refractivity contribution in [2.75, 3.05) is 25.1 Å². The van der Waals surface area contributed by atoms with E-state index >= 15 is 0 Å². The van der Waals surface area contributed by atoms with Crippen LogP contribution in [0, 0.1) is 18.3 Å². The molecule has 0 aromatic heterocycles. The molecule has 0 N–H and O–H groups in total. The second-order valence-corrected chi connectivity index (χ2v) is 7.58. The predicted molar refractivity (Wildman–Crippen MR) is 100 cm³/mol. The minimum Gasteiger partial charge on any atom is -0.496 e. The van der Waals surface area contributed by atoms with Crippen molar-refractivity contribution in [1.82, 2.24) is 0 Å². The standard InChI is InChI=1S/C19H20N2O5S/c1-14-12-17(8-9-18(14)25-2)27(23,24)21(13-19(22)26-3)16-6-4-15(5-7-16)10-11-20/h4-9,12H,10,13H2,1-3H3. The topological polar surface area (TPSA) is 96.7 Å². The molecule has 0 saturated heterocycles. The summed E-state index contributed by atoms with van der Waals surface area (Å²) >= 11 is 0. The highest BCUT2D eigenvalue weighted by atomic mass is 32.2. The quantitative estimate of drug-likeness (QED) is 0.676. The van der Waals surface area contributed by atoms with Gasteiger partial charge in [-0.25, -0.2) is 8.42 Å². The maximum atomic E-state index is 13.2. The van der Waals surface area contributed by atoms with Crippen LogP contribution in [-0.2, 0) is 26.0 Å². The zero-order chi connectivity index (χ0) is 20.0. The number of benzene rings is 2. The Morgan fingerprint density at radius 1 is 1.15 bits per heavy atom. The molecule has 142 valence electrons. The summed E-state index contributed by atoms with van der Waals surface area (Å²) in [7, 11) is -1.32. The number of carbonyl (C=O) groups excluding carboxylic acids is 1. The third-order valence-electron chi connectivity index (χ3n) is 3.96. The summed E-state index contributed by atoms with van der Waals surface area (Å²) in [6.07, 6.45) is 0.210. The van der Waals surface area contributed by atoms with Crippen LogP contribution in [0.4, 0.5) is 5.69 Å². The van der Waals surface area contributed by atoms with E-state index in [1.54, 1.807) is 37.3 Å². The lowest BCUT2D eigenvalue weighted by Crippen LogP contribution is -2.36. The average Bonchev–Trinajstić information content (AvgIpc) is 2.66. The van der Waals surface area contributed by atoms with Crippen LogP contribution in [0.1, 0.15) is 11.1 Å². The normalized spacial score (nSPS) is 10.7. The first-order chi connectivity index (χ1) is 12.8. The molecular formula is C19H20N2O5S. The van der Waals surface area contributed by atoms with E-state index in [1.807, 2.05) is 6.07 Å². The average molecular weight is 388 g/mol. The van der Waals surface area contributed by atoms with Crippen molar-refractivity contribution in [3.8, 4) is 11.8 Å². The molecule has 0 heterocycles. The predicted octanol–water partition coefficient (Wildman–Crippen LogP) is 2.44. The summed E-state index contributed by atoms with van der Waals surface area (Å²) in [6, 6.07) is 12.9. The number of hydrogen-bond acceptors (Lipinski definition) is 6. The Morgan fingerprint density at radius 3 is 2.33 bits per heavy atom. The molecule has 0 aliphatic heterocycles. The van der Waals surface area contributed by atoms with Crippen molar-refractivity contribution < 1.29 is 22.7 Å². The van der Waals surface area contributed by atoms with Gasteiger partial charge in [-0.05, 0) is 48.4 Å². The van der Waals surface area contributed by atoms with Gasteiger partial charge in [-0.1, -0.05) is 12.1 Å². The van der Waals surface area contributed by atoms with E-state index in [0.717, 1.165) is 9.87 Å². The molecule has 0 bridgehead atoms. The zero-order valence-corrected chi connectivity index (χ0v) is 16.1. The van der Waals surface area contributed by atoms with E-state index in [4.69, 9.17) is 10.00 Å². The Hall–Kier alpha value is -3.05. The van der Waals surface area contributed by atoms with Gasteiger partial charge in [0.1, 0.15) is 12.3 Å². The van der Waals surface area contributed by atoms with Crippen LogP contribution in [0.3, 0.4) is 0 Å². The number of nitriles is 1. The number of carbonyl (C=O) groups is 1. The lowest BCUT2D eigenvalue weighted by molar-refractivity contribution is -0.138. The second-order valence-electron chi connectivity index (χ2n) is 5.72. The van der Waals surface area contributed by atoms with E-state index < -0.39 is 22.5 Å². The van der Waals surface area contributed by atoms with Gasteiger partial charge in [-0.15, -0.1) is 0 Å². The van der Waals surface area contributed by atoms with Crippen LogP contribution in [0.15, 0.2) is 47.4 Å². The van der Waals surface area contributed by atoms with Crippen LogP contribution in [-0.4, -0.2) is 35.2 Å². The molecule has 0 saturated carbocycles. The summed E-state index contributed by atoms with van der Waals surface area (Å²) in [5, 5.41) is 8.77. The van der Waals surface area contributed by atoms with Crippen molar-refractivity contribution in [3.05, 3.63) is 53.6 Å². The SMILES string of the molecule is COC(=O)CN(c1ccc(CC#N)cc1)S(=O)(=O)c1ccc(OC)c(C)c1. The number of methoxy groups -OCH3 is 2. The van der Waals surface area contributed by atoms with Gasteiger partial charge < -0.3 is 9.47 Å². The van der Waals surface area contributed by atoms with Crippen molar-refractivity contribution in [1.29, 1.82) is 5.26 Å². The maximum Gasteiger partial charge on any atom is 0.326 e. The number of rotatable bonds is 7. The highest BCUT2D eigenvalue weighted by molar-refractivity contribution is 7.92. The summed E-state index contributed by atoms with van der Waals surface area (Å²) in [6.45, 7) is 1.26. The number of ether oxygens (including phenoxy) is 2. The van der Waals surface area contributed by atoms with Gasteiger partial charge in [-0.3, -0.25) is 9.10 Å². The Morgan fingerprint density at radius 2 is 1.81 bits per heavy atom. The van der Waals surface area contributed by atoms with Crippen molar-refractivity contribution >= 4 is 21.7 Å². The van der Waals surface area contributed by atoms with Crippen LogP contribution < -0.4 is 9.04 Å². The molecule has 0 aliphatic rings. The monoisotopic (exact) mass is 388 g/mol. The zero-order valence-electron chi connectivity index (χ0n) is 15.3. The largest absolute Gasteiger partial charge is 0.496 e. The van der Waals surface area contributed by atoms with Gasteiger partial charge in [0.2, 0.25) is 0 Å². The first-order valence-corrected chi connectivity index (χ1v) is 9.47. The van der Waals surface area contributed by atoms with Crippen molar-refractivity contribution in [3.63, 3.8) is 0 Å². The molecular weight excluding hydrogens is 368 g/mol. The molecule has 2 aromatic carbocycles. The summed E-state index contributed by atoms with van der Waals surface area (Å²) in [5.74, 6) is -0.126. The molecule has 2 rings (SSSR count). The van der Waals surface area contributed by atoms with E-state index in [9.17, 15) is 13.2 Å². The van der Waals surface area contributed by atoms with Gasteiger partial charge >= 0.3 is 5.97 Å². The van der Waals surface area contributed by atoms with Gasteiger partial charge in [0.25, 0.3) is 10.0 Å². The van der Waals surface area contributed by atoms with Gasteiger partial charge in [0.05, 0.1) is 37.3 Å². The van der Waals surface area contributed by atoms with Crippen molar-refractivity contribution in [2.24, 2.45) is 0 Å². The Kier molecular flexibility index (Phi) is 6.42.